The Bertz CT molecular complexity index is 1680. The van der Waals surface area contributed by atoms with Crippen LogP contribution in [0.15, 0.2) is 121 Å². The summed E-state index contributed by atoms with van der Waals surface area (Å²) in [6, 6.07) is 42.0. The Morgan fingerprint density at radius 1 is 0.571 bits per heavy atom. The van der Waals surface area contributed by atoms with Crippen molar-refractivity contribution in [1.82, 2.24) is 4.57 Å². The predicted octanol–water partition coefficient (Wildman–Crippen LogP) is 5.16. The molecule has 0 atom stereocenters. The number of fused-ring (bicyclic) bond motifs is 5. The third-order valence-corrected chi connectivity index (χ3v) is 7.46. The van der Waals surface area contributed by atoms with E-state index in [-0.39, 0.29) is 0 Å². The lowest BCUT2D eigenvalue weighted by Gasteiger charge is -2.42. The molecule has 0 fully saturated rings. The third kappa shape index (κ3) is 2.64. The van der Waals surface area contributed by atoms with Crippen molar-refractivity contribution >= 4 is 34.4 Å². The van der Waals surface area contributed by atoms with Gasteiger partial charge >= 0.3 is 7.12 Å². The average Bonchev–Trinajstić information content (AvgIpc) is 3.25. The maximum Gasteiger partial charge on any atom is 0.488 e. The third-order valence-electron chi connectivity index (χ3n) is 7.46. The molecule has 35 heavy (non-hydrogen) atoms. The molecule has 2 heterocycles. The molecule has 6 aromatic rings. The lowest BCUT2D eigenvalue weighted by atomic mass is 9.62. The first-order chi connectivity index (χ1) is 17.2. The standard InChI is InChI=1S/C31H22BNO2/c34-32(35)23-19-25-24-15-7-9-17-28(24)33-29-18-10-8-16-26(29)31(27(20-23)30(25)33,21-11-3-1-4-12-21)22-13-5-2-6-14-22/h1-20,34-35H. The van der Waals surface area contributed by atoms with E-state index in [1.165, 1.54) is 0 Å². The Morgan fingerprint density at radius 2 is 1.17 bits per heavy atom. The molecular weight excluding hydrogens is 429 g/mol. The van der Waals surface area contributed by atoms with Crippen LogP contribution in [0, 0.1) is 0 Å². The molecule has 3 nitrogen and oxygen atoms in total. The summed E-state index contributed by atoms with van der Waals surface area (Å²) in [6.45, 7) is 0. The summed E-state index contributed by atoms with van der Waals surface area (Å²) in [5.41, 5.74) is 7.69. The van der Waals surface area contributed by atoms with Gasteiger partial charge in [0.25, 0.3) is 0 Å². The highest BCUT2D eigenvalue weighted by Crippen LogP contribution is 2.53. The number of rotatable bonds is 3. The van der Waals surface area contributed by atoms with Crippen LogP contribution in [-0.4, -0.2) is 21.7 Å². The SMILES string of the molecule is OB(O)c1cc2c3c(c1)c1ccccc1n3-c1ccccc1C2(c1ccccc1)c1ccccc1. The first-order valence-electron chi connectivity index (χ1n) is 11.9. The minimum Gasteiger partial charge on any atom is -0.423 e. The number of benzene rings is 5. The van der Waals surface area contributed by atoms with Crippen LogP contribution in [0.5, 0.6) is 0 Å². The summed E-state index contributed by atoms with van der Waals surface area (Å²) >= 11 is 0. The van der Waals surface area contributed by atoms with Gasteiger partial charge in [-0.15, -0.1) is 0 Å². The highest BCUT2D eigenvalue weighted by Gasteiger charge is 2.45. The van der Waals surface area contributed by atoms with Crippen LogP contribution < -0.4 is 5.46 Å². The zero-order valence-corrected chi connectivity index (χ0v) is 19.0. The zero-order chi connectivity index (χ0) is 23.6. The largest absolute Gasteiger partial charge is 0.488 e. The van der Waals surface area contributed by atoms with Crippen LogP contribution in [0.25, 0.3) is 27.5 Å². The highest BCUT2D eigenvalue weighted by molar-refractivity contribution is 6.59. The van der Waals surface area contributed by atoms with E-state index in [0.717, 1.165) is 49.7 Å². The minimum absolute atomic E-state index is 0.492. The molecule has 0 aliphatic carbocycles. The molecule has 1 aromatic heterocycles. The van der Waals surface area contributed by atoms with Crippen molar-refractivity contribution in [3.63, 3.8) is 0 Å². The molecule has 4 heteroatoms. The molecule has 2 N–H and O–H groups in total. The van der Waals surface area contributed by atoms with Gasteiger partial charge in [0, 0.05) is 10.8 Å². The van der Waals surface area contributed by atoms with Crippen LogP contribution in [0.3, 0.4) is 0 Å². The van der Waals surface area contributed by atoms with Gasteiger partial charge in [0.05, 0.1) is 22.1 Å². The van der Waals surface area contributed by atoms with Gasteiger partial charge in [0.15, 0.2) is 0 Å². The van der Waals surface area contributed by atoms with E-state index in [1.807, 2.05) is 30.3 Å². The summed E-state index contributed by atoms with van der Waals surface area (Å²) in [7, 11) is -1.57. The minimum atomic E-state index is -1.57. The van der Waals surface area contributed by atoms with Crippen molar-refractivity contribution in [2.75, 3.05) is 0 Å². The van der Waals surface area contributed by atoms with Crippen LogP contribution >= 0.6 is 0 Å². The van der Waals surface area contributed by atoms with E-state index in [9.17, 15) is 10.0 Å². The number of aromatic nitrogens is 1. The fourth-order valence-electron chi connectivity index (χ4n) is 6.10. The van der Waals surface area contributed by atoms with Gasteiger partial charge in [0.1, 0.15) is 0 Å². The molecule has 1 aliphatic rings. The molecule has 1 aliphatic heterocycles. The van der Waals surface area contributed by atoms with Gasteiger partial charge in [-0.1, -0.05) is 109 Å². The van der Waals surface area contributed by atoms with E-state index in [4.69, 9.17) is 0 Å². The van der Waals surface area contributed by atoms with Crippen molar-refractivity contribution < 1.29 is 10.0 Å². The van der Waals surface area contributed by atoms with Crippen molar-refractivity contribution in [3.05, 3.63) is 144 Å². The van der Waals surface area contributed by atoms with Crippen LogP contribution in [0.2, 0.25) is 0 Å². The van der Waals surface area contributed by atoms with E-state index >= 15 is 0 Å². The summed E-state index contributed by atoms with van der Waals surface area (Å²) in [4.78, 5) is 0. The fraction of sp³-hybridized carbons (Fsp3) is 0.0323. The van der Waals surface area contributed by atoms with Gasteiger partial charge in [-0.3, -0.25) is 0 Å². The number of hydrogen-bond donors (Lipinski definition) is 2. The second-order valence-corrected chi connectivity index (χ2v) is 9.19. The zero-order valence-electron chi connectivity index (χ0n) is 19.0. The number of hydrogen-bond acceptors (Lipinski definition) is 2. The molecule has 0 spiro atoms. The Morgan fingerprint density at radius 3 is 1.86 bits per heavy atom. The molecule has 0 unspecified atom stereocenters. The quantitative estimate of drug-likeness (QED) is 0.365. The second kappa shape index (κ2) is 7.44. The molecule has 166 valence electrons. The molecular formula is C31H22BNO2. The molecule has 0 amide bonds. The predicted molar refractivity (Wildman–Crippen MR) is 142 cm³/mol. The van der Waals surface area contributed by atoms with Crippen molar-refractivity contribution in [1.29, 1.82) is 0 Å². The maximum absolute atomic E-state index is 10.4. The number of nitrogens with zero attached hydrogens (tertiary/aromatic N) is 1. The van der Waals surface area contributed by atoms with Gasteiger partial charge in [-0.2, -0.15) is 0 Å². The van der Waals surface area contributed by atoms with Crippen LogP contribution in [0.4, 0.5) is 0 Å². The molecule has 7 rings (SSSR count). The fourth-order valence-corrected chi connectivity index (χ4v) is 6.10. The molecule has 0 bridgehead atoms. The lowest BCUT2D eigenvalue weighted by molar-refractivity contribution is 0.425. The van der Waals surface area contributed by atoms with E-state index < -0.39 is 12.5 Å². The Kier molecular flexibility index (Phi) is 4.31. The van der Waals surface area contributed by atoms with Gasteiger partial charge < -0.3 is 14.6 Å². The first-order valence-corrected chi connectivity index (χ1v) is 11.9. The Hall–Kier alpha value is -4.12. The van der Waals surface area contributed by atoms with Crippen molar-refractivity contribution in [2.24, 2.45) is 0 Å². The summed E-state index contributed by atoms with van der Waals surface area (Å²) in [5.74, 6) is 0. The van der Waals surface area contributed by atoms with Crippen LogP contribution in [-0.2, 0) is 5.41 Å². The van der Waals surface area contributed by atoms with Crippen LogP contribution in [0.1, 0.15) is 22.3 Å². The lowest BCUT2D eigenvalue weighted by Crippen LogP contribution is -2.38. The van der Waals surface area contributed by atoms with Crippen molar-refractivity contribution in [3.8, 4) is 5.69 Å². The van der Waals surface area contributed by atoms with Gasteiger partial charge in [-0.25, -0.2) is 0 Å². The summed E-state index contributed by atoms with van der Waals surface area (Å²) < 4.78 is 2.34. The van der Waals surface area contributed by atoms with Gasteiger partial charge in [-0.05, 0) is 39.8 Å². The molecule has 5 aromatic carbocycles. The average molecular weight is 451 g/mol. The van der Waals surface area contributed by atoms with Crippen molar-refractivity contribution in [2.45, 2.75) is 5.41 Å². The molecule has 0 saturated carbocycles. The highest BCUT2D eigenvalue weighted by atomic mass is 16.4. The first kappa shape index (κ1) is 20.3. The van der Waals surface area contributed by atoms with E-state index in [2.05, 4.69) is 95.6 Å². The second-order valence-electron chi connectivity index (χ2n) is 9.19. The normalized spacial score (nSPS) is 13.7. The summed E-state index contributed by atoms with van der Waals surface area (Å²) in [6.07, 6.45) is 0. The van der Waals surface area contributed by atoms with Gasteiger partial charge in [0.2, 0.25) is 0 Å². The monoisotopic (exact) mass is 451 g/mol. The summed E-state index contributed by atoms with van der Waals surface area (Å²) in [5, 5.41) is 22.8. The Balaban J connectivity index is 1.80. The van der Waals surface area contributed by atoms with E-state index in [1.54, 1.807) is 0 Å². The van der Waals surface area contributed by atoms with E-state index in [0.29, 0.717) is 5.46 Å². The smallest absolute Gasteiger partial charge is 0.423 e. The number of para-hydroxylation sites is 2. The molecule has 0 saturated heterocycles. The molecule has 0 radical (unpaired) electrons. The Labute approximate surface area is 203 Å². The topological polar surface area (TPSA) is 45.4 Å². The maximum atomic E-state index is 10.4.